The maximum atomic E-state index is 12.5. The summed E-state index contributed by atoms with van der Waals surface area (Å²) in [5, 5.41) is 9.50. The number of benzene rings is 1. The predicted molar refractivity (Wildman–Crippen MR) is 65.5 cm³/mol. The van der Waals surface area contributed by atoms with E-state index in [9.17, 15) is 18.7 Å². The second-order valence-electron chi connectivity index (χ2n) is 5.60. The third kappa shape index (κ3) is 1.97. The van der Waals surface area contributed by atoms with E-state index in [0.717, 1.165) is 0 Å². The Morgan fingerprint density at radius 1 is 1.42 bits per heavy atom. The van der Waals surface area contributed by atoms with E-state index in [-0.39, 0.29) is 5.75 Å². The fraction of sp³-hybridized carbons (Fsp3) is 0.500. The van der Waals surface area contributed by atoms with Crippen LogP contribution in [0.1, 0.15) is 31.4 Å². The summed E-state index contributed by atoms with van der Waals surface area (Å²) in [6, 6.07) is 4.86. The van der Waals surface area contributed by atoms with Crippen molar-refractivity contribution >= 4 is 5.97 Å². The van der Waals surface area contributed by atoms with E-state index in [2.05, 4.69) is 4.74 Å². The van der Waals surface area contributed by atoms with Gasteiger partial charge < -0.3 is 9.84 Å². The first-order valence-electron chi connectivity index (χ1n) is 6.01. The summed E-state index contributed by atoms with van der Waals surface area (Å²) in [6.07, 6.45) is 0.415. The third-order valence-corrected chi connectivity index (χ3v) is 3.98. The number of aryl methyl sites for hydroxylation is 1. The average molecular weight is 270 g/mol. The molecule has 1 atom stereocenters. The summed E-state index contributed by atoms with van der Waals surface area (Å²) in [5.41, 5.74) is -0.748. The Hall–Kier alpha value is -1.65. The van der Waals surface area contributed by atoms with E-state index < -0.39 is 23.4 Å². The quantitative estimate of drug-likeness (QED) is 0.912. The molecule has 0 amide bonds. The van der Waals surface area contributed by atoms with Crippen LogP contribution in [0.15, 0.2) is 18.2 Å². The lowest BCUT2D eigenvalue weighted by Crippen LogP contribution is -2.27. The number of ether oxygens (including phenoxy) is 1. The molecule has 0 aliphatic heterocycles. The minimum absolute atomic E-state index is 0.00882. The van der Waals surface area contributed by atoms with Gasteiger partial charge >= 0.3 is 12.6 Å². The van der Waals surface area contributed by atoms with Gasteiger partial charge in [-0.05, 0) is 24.3 Å². The lowest BCUT2D eigenvalue weighted by molar-refractivity contribution is -0.141. The van der Waals surface area contributed by atoms with Gasteiger partial charge in [-0.25, -0.2) is 0 Å². The number of hydrogen-bond donors (Lipinski definition) is 1. The second kappa shape index (κ2) is 4.18. The fourth-order valence-corrected chi connectivity index (χ4v) is 2.79. The Morgan fingerprint density at radius 3 is 2.42 bits per heavy atom. The van der Waals surface area contributed by atoms with Crippen LogP contribution in [0.2, 0.25) is 0 Å². The SMILES string of the molecule is Cc1cccc(C2(C(=O)O)CC2(C)C)c1OC(F)F. The van der Waals surface area contributed by atoms with Gasteiger partial charge in [0.15, 0.2) is 0 Å². The third-order valence-electron chi connectivity index (χ3n) is 3.98. The molecule has 0 bridgehead atoms. The van der Waals surface area contributed by atoms with Crippen LogP contribution in [0, 0.1) is 12.3 Å². The van der Waals surface area contributed by atoms with Crippen molar-refractivity contribution in [2.45, 2.75) is 39.2 Å². The molecular formula is C14H16F2O3. The molecule has 1 N–H and O–H groups in total. The monoisotopic (exact) mass is 270 g/mol. The van der Waals surface area contributed by atoms with Crippen LogP contribution >= 0.6 is 0 Å². The van der Waals surface area contributed by atoms with E-state index in [1.165, 1.54) is 0 Å². The summed E-state index contributed by atoms with van der Waals surface area (Å²) < 4.78 is 29.6. The van der Waals surface area contributed by atoms with Crippen molar-refractivity contribution in [2.75, 3.05) is 0 Å². The number of carboxylic acid groups (broad SMARTS) is 1. The van der Waals surface area contributed by atoms with Gasteiger partial charge in [-0.2, -0.15) is 8.78 Å². The van der Waals surface area contributed by atoms with Gasteiger partial charge in [-0.1, -0.05) is 32.0 Å². The number of carboxylic acids is 1. The highest BCUT2D eigenvalue weighted by molar-refractivity contribution is 5.88. The zero-order valence-corrected chi connectivity index (χ0v) is 11.0. The zero-order valence-electron chi connectivity index (χ0n) is 11.0. The molecular weight excluding hydrogens is 254 g/mol. The zero-order chi connectivity index (χ0) is 14.4. The minimum atomic E-state index is -2.97. The number of aliphatic carboxylic acids is 1. The summed E-state index contributed by atoms with van der Waals surface area (Å²) in [6.45, 7) is 2.30. The lowest BCUT2D eigenvalue weighted by atomic mass is 9.86. The van der Waals surface area contributed by atoms with Crippen molar-refractivity contribution in [1.29, 1.82) is 0 Å². The van der Waals surface area contributed by atoms with Crippen LogP contribution in [0.4, 0.5) is 8.78 Å². The molecule has 1 fully saturated rings. The Kier molecular flexibility index (Phi) is 3.03. The molecule has 19 heavy (non-hydrogen) atoms. The summed E-state index contributed by atoms with van der Waals surface area (Å²) in [4.78, 5) is 11.6. The molecule has 0 aromatic heterocycles. The molecule has 1 aromatic carbocycles. The Morgan fingerprint density at radius 2 is 2.00 bits per heavy atom. The number of alkyl halides is 2. The van der Waals surface area contributed by atoms with E-state index in [1.54, 1.807) is 25.1 Å². The molecule has 1 saturated carbocycles. The number of para-hydroxylation sites is 1. The molecule has 1 aliphatic carbocycles. The highest BCUT2D eigenvalue weighted by atomic mass is 19.3. The summed E-state index contributed by atoms with van der Waals surface area (Å²) >= 11 is 0. The maximum Gasteiger partial charge on any atom is 0.387 e. The first-order chi connectivity index (χ1) is 8.72. The lowest BCUT2D eigenvalue weighted by Gasteiger charge is -2.21. The predicted octanol–water partition coefficient (Wildman–Crippen LogP) is 3.35. The average Bonchev–Trinajstić information content (AvgIpc) is 2.85. The van der Waals surface area contributed by atoms with Gasteiger partial charge in [-0.15, -0.1) is 0 Å². The largest absolute Gasteiger partial charge is 0.481 e. The van der Waals surface area contributed by atoms with Crippen molar-refractivity contribution in [3.8, 4) is 5.75 Å². The summed E-state index contributed by atoms with van der Waals surface area (Å²) in [7, 11) is 0. The van der Waals surface area contributed by atoms with Gasteiger partial charge in [0.1, 0.15) is 11.2 Å². The van der Waals surface area contributed by atoms with Crippen molar-refractivity contribution in [3.05, 3.63) is 29.3 Å². The molecule has 104 valence electrons. The summed E-state index contributed by atoms with van der Waals surface area (Å²) in [5.74, 6) is -1.01. The van der Waals surface area contributed by atoms with Crippen molar-refractivity contribution < 1.29 is 23.4 Å². The Balaban J connectivity index is 2.57. The second-order valence-corrected chi connectivity index (χ2v) is 5.60. The molecule has 2 rings (SSSR count). The maximum absolute atomic E-state index is 12.5. The molecule has 0 saturated heterocycles. The molecule has 0 heterocycles. The van der Waals surface area contributed by atoms with Crippen LogP contribution < -0.4 is 4.74 Å². The van der Waals surface area contributed by atoms with Crippen molar-refractivity contribution in [2.24, 2.45) is 5.41 Å². The smallest absolute Gasteiger partial charge is 0.387 e. The van der Waals surface area contributed by atoms with Crippen LogP contribution in [-0.2, 0) is 10.2 Å². The van der Waals surface area contributed by atoms with Crippen LogP contribution in [0.5, 0.6) is 5.75 Å². The first-order valence-corrected chi connectivity index (χ1v) is 6.01. The molecule has 1 aromatic rings. The number of carbonyl (C=O) groups is 1. The molecule has 0 radical (unpaired) electrons. The molecule has 5 heteroatoms. The van der Waals surface area contributed by atoms with Gasteiger partial charge in [0.05, 0.1) is 0 Å². The molecule has 0 spiro atoms. The van der Waals surface area contributed by atoms with E-state index in [4.69, 9.17) is 0 Å². The standard InChI is InChI=1S/C14H16F2O3/c1-8-5-4-6-9(10(8)19-12(15)16)14(11(17)18)7-13(14,2)3/h4-6,12H,7H2,1-3H3,(H,17,18). The normalized spacial score (nSPS) is 24.3. The van der Waals surface area contributed by atoms with Crippen LogP contribution in [0.3, 0.4) is 0 Å². The Bertz CT molecular complexity index is 525. The van der Waals surface area contributed by atoms with E-state index in [0.29, 0.717) is 17.5 Å². The number of rotatable bonds is 4. The minimum Gasteiger partial charge on any atom is -0.481 e. The van der Waals surface area contributed by atoms with Crippen molar-refractivity contribution in [1.82, 2.24) is 0 Å². The Labute approximate surface area is 110 Å². The molecule has 3 nitrogen and oxygen atoms in total. The highest BCUT2D eigenvalue weighted by Crippen LogP contribution is 2.66. The van der Waals surface area contributed by atoms with E-state index in [1.807, 2.05) is 13.8 Å². The van der Waals surface area contributed by atoms with Gasteiger partial charge in [0, 0.05) is 5.56 Å². The van der Waals surface area contributed by atoms with Gasteiger partial charge in [0.25, 0.3) is 0 Å². The van der Waals surface area contributed by atoms with Crippen LogP contribution in [0.25, 0.3) is 0 Å². The number of halogens is 2. The van der Waals surface area contributed by atoms with Crippen molar-refractivity contribution in [3.63, 3.8) is 0 Å². The fourth-order valence-electron chi connectivity index (χ4n) is 2.79. The van der Waals surface area contributed by atoms with Gasteiger partial charge in [-0.3, -0.25) is 4.79 Å². The molecule has 1 aliphatic rings. The topological polar surface area (TPSA) is 46.5 Å². The number of hydrogen-bond acceptors (Lipinski definition) is 2. The van der Waals surface area contributed by atoms with Gasteiger partial charge in [0.2, 0.25) is 0 Å². The van der Waals surface area contributed by atoms with Crippen LogP contribution in [-0.4, -0.2) is 17.7 Å². The molecule has 1 unspecified atom stereocenters. The van der Waals surface area contributed by atoms with E-state index >= 15 is 0 Å². The highest BCUT2D eigenvalue weighted by Gasteiger charge is 2.68. The first kappa shape index (κ1) is 13.8.